The highest BCUT2D eigenvalue weighted by Gasteiger charge is 2.18. The molecule has 34 heavy (non-hydrogen) atoms. The van der Waals surface area contributed by atoms with Gasteiger partial charge in [0, 0.05) is 17.5 Å². The number of anilines is 2. The van der Waals surface area contributed by atoms with Crippen molar-refractivity contribution in [2.24, 2.45) is 0 Å². The predicted molar refractivity (Wildman–Crippen MR) is 137 cm³/mol. The Morgan fingerprint density at radius 1 is 1.09 bits per heavy atom. The number of ether oxygens (including phenoxy) is 1. The third-order valence-corrected chi connectivity index (χ3v) is 6.07. The first-order valence-electron chi connectivity index (χ1n) is 11.3. The van der Waals surface area contributed by atoms with Gasteiger partial charge in [-0.15, -0.1) is 0 Å². The number of carbonyl (C=O) groups excluding carboxylic acids is 1. The number of urea groups is 1. The lowest BCUT2D eigenvalue weighted by atomic mass is 10.2. The number of unbranched alkanes of at least 4 members (excludes halogenated alkanes) is 1. The number of carbonyl (C=O) groups is 1. The third-order valence-electron chi connectivity index (χ3n) is 5.74. The molecule has 0 unspecified atom stereocenters. The van der Waals surface area contributed by atoms with E-state index in [1.54, 1.807) is 25.4 Å². The van der Waals surface area contributed by atoms with E-state index in [0.29, 0.717) is 22.9 Å². The zero-order valence-corrected chi connectivity index (χ0v) is 20.3. The van der Waals surface area contributed by atoms with Crippen LogP contribution in [0.25, 0.3) is 11.2 Å². The number of benzene rings is 2. The molecule has 8 heteroatoms. The Hall–Kier alpha value is -3.58. The Bertz CT molecular complexity index is 1320. The molecule has 4 rings (SSSR count). The quantitative estimate of drug-likeness (QED) is 0.306. The lowest BCUT2D eigenvalue weighted by Gasteiger charge is -2.13. The van der Waals surface area contributed by atoms with Crippen LogP contribution in [0.1, 0.15) is 36.7 Å². The summed E-state index contributed by atoms with van der Waals surface area (Å²) in [5.41, 5.74) is 4.61. The van der Waals surface area contributed by atoms with Gasteiger partial charge in [-0.1, -0.05) is 55.3 Å². The van der Waals surface area contributed by atoms with Crippen molar-refractivity contribution in [3.05, 3.63) is 76.7 Å². The average molecular weight is 478 g/mol. The molecule has 0 aliphatic carbocycles. The number of pyridine rings is 1. The van der Waals surface area contributed by atoms with Crippen LogP contribution in [-0.4, -0.2) is 27.7 Å². The maximum Gasteiger partial charge on any atom is 0.323 e. The number of rotatable bonds is 8. The van der Waals surface area contributed by atoms with Gasteiger partial charge in [-0.25, -0.2) is 14.8 Å². The first-order chi connectivity index (χ1) is 16.5. The van der Waals surface area contributed by atoms with Gasteiger partial charge in [-0.3, -0.25) is 0 Å². The molecule has 2 aromatic carbocycles. The van der Waals surface area contributed by atoms with Crippen LogP contribution in [0.4, 0.5) is 16.2 Å². The molecule has 0 radical (unpaired) electrons. The lowest BCUT2D eigenvalue weighted by molar-refractivity contribution is 0.262. The second-order valence-electron chi connectivity index (χ2n) is 8.06. The summed E-state index contributed by atoms with van der Waals surface area (Å²) in [5, 5.41) is 6.12. The molecule has 0 bridgehead atoms. The standard InChI is InChI=1S/C26H28ClN5O2/c1-4-5-14-23-31-24-17(2)21(30-26(33)29-20-12-8-7-11-19(20)27)15-28-25(24)32(23)16-18-10-6-9-13-22(18)34-3/h6-13,15H,4-5,14,16H2,1-3H3,(H2,29,30,33). The van der Waals surface area contributed by atoms with Gasteiger partial charge in [0.15, 0.2) is 5.65 Å². The Labute approximate surface area is 204 Å². The van der Waals surface area contributed by atoms with Crippen molar-refractivity contribution in [1.29, 1.82) is 0 Å². The van der Waals surface area contributed by atoms with Crippen LogP contribution in [0.3, 0.4) is 0 Å². The van der Waals surface area contributed by atoms with Gasteiger partial charge in [0.1, 0.15) is 17.1 Å². The fourth-order valence-electron chi connectivity index (χ4n) is 3.88. The topological polar surface area (TPSA) is 81.1 Å². The van der Waals surface area contributed by atoms with Gasteiger partial charge in [0.05, 0.1) is 36.2 Å². The number of nitrogens with zero attached hydrogens (tertiary/aromatic N) is 3. The average Bonchev–Trinajstić information content (AvgIpc) is 3.19. The zero-order chi connectivity index (χ0) is 24.1. The number of fused-ring (bicyclic) bond motifs is 1. The molecule has 0 atom stereocenters. The number of aromatic nitrogens is 3. The normalized spacial score (nSPS) is 10.9. The number of methoxy groups -OCH3 is 1. The molecule has 0 saturated heterocycles. The largest absolute Gasteiger partial charge is 0.496 e. The molecule has 0 fully saturated rings. The van der Waals surface area contributed by atoms with E-state index in [1.165, 1.54) is 0 Å². The minimum absolute atomic E-state index is 0.392. The zero-order valence-electron chi connectivity index (χ0n) is 19.6. The predicted octanol–water partition coefficient (Wildman–Crippen LogP) is 6.44. The van der Waals surface area contributed by atoms with Crippen molar-refractivity contribution in [2.75, 3.05) is 17.7 Å². The number of amides is 2. The van der Waals surface area contributed by atoms with Crippen molar-refractivity contribution in [2.45, 2.75) is 39.7 Å². The minimum Gasteiger partial charge on any atom is -0.496 e. The van der Waals surface area contributed by atoms with Crippen LogP contribution in [0.15, 0.2) is 54.7 Å². The summed E-state index contributed by atoms with van der Waals surface area (Å²) in [6.07, 6.45) is 4.62. The van der Waals surface area contributed by atoms with E-state index in [4.69, 9.17) is 26.3 Å². The maximum atomic E-state index is 12.6. The van der Waals surface area contributed by atoms with E-state index in [9.17, 15) is 4.79 Å². The number of halogens is 1. The minimum atomic E-state index is -0.392. The third kappa shape index (κ3) is 4.99. The SMILES string of the molecule is CCCCc1nc2c(C)c(NC(=O)Nc3ccccc3Cl)cnc2n1Cc1ccccc1OC. The molecular weight excluding hydrogens is 450 g/mol. The fraction of sp³-hybridized carbons (Fsp3) is 0.269. The van der Waals surface area contributed by atoms with Crippen LogP contribution in [0.2, 0.25) is 5.02 Å². The van der Waals surface area contributed by atoms with E-state index < -0.39 is 6.03 Å². The van der Waals surface area contributed by atoms with Gasteiger partial charge in [0.2, 0.25) is 0 Å². The van der Waals surface area contributed by atoms with Gasteiger partial charge in [-0.2, -0.15) is 0 Å². The summed E-state index contributed by atoms with van der Waals surface area (Å²) in [4.78, 5) is 22.2. The van der Waals surface area contributed by atoms with Gasteiger partial charge in [0.25, 0.3) is 0 Å². The van der Waals surface area contributed by atoms with E-state index in [2.05, 4.69) is 28.2 Å². The molecule has 2 heterocycles. The van der Waals surface area contributed by atoms with Gasteiger partial charge < -0.3 is 19.9 Å². The molecular formula is C26H28ClN5O2. The number of para-hydroxylation sites is 2. The summed E-state index contributed by atoms with van der Waals surface area (Å²) in [5.74, 6) is 1.80. The van der Waals surface area contributed by atoms with Crippen molar-refractivity contribution < 1.29 is 9.53 Å². The van der Waals surface area contributed by atoms with Crippen LogP contribution < -0.4 is 15.4 Å². The Kier molecular flexibility index (Phi) is 7.33. The second-order valence-corrected chi connectivity index (χ2v) is 8.46. The first-order valence-corrected chi connectivity index (χ1v) is 11.7. The van der Waals surface area contributed by atoms with E-state index in [-0.39, 0.29) is 0 Å². The first kappa shape index (κ1) is 23.6. The summed E-state index contributed by atoms with van der Waals surface area (Å²) >= 11 is 6.15. The Morgan fingerprint density at radius 2 is 1.82 bits per heavy atom. The fourth-order valence-corrected chi connectivity index (χ4v) is 4.07. The molecule has 4 aromatic rings. The highest BCUT2D eigenvalue weighted by molar-refractivity contribution is 6.33. The number of imidazole rings is 1. The van der Waals surface area contributed by atoms with Crippen molar-refractivity contribution in [1.82, 2.24) is 14.5 Å². The molecule has 7 nitrogen and oxygen atoms in total. The van der Waals surface area contributed by atoms with Crippen molar-refractivity contribution in [3.8, 4) is 5.75 Å². The van der Waals surface area contributed by atoms with Crippen LogP contribution in [0.5, 0.6) is 5.75 Å². The molecule has 2 N–H and O–H groups in total. The van der Waals surface area contributed by atoms with Gasteiger partial charge in [-0.05, 0) is 31.5 Å². The van der Waals surface area contributed by atoms with Crippen LogP contribution in [0, 0.1) is 6.92 Å². The van der Waals surface area contributed by atoms with E-state index in [1.807, 2.05) is 37.3 Å². The summed E-state index contributed by atoms with van der Waals surface area (Å²) in [6, 6.07) is 14.7. The van der Waals surface area contributed by atoms with E-state index in [0.717, 1.165) is 53.1 Å². The molecule has 0 spiro atoms. The Morgan fingerprint density at radius 3 is 2.59 bits per heavy atom. The highest BCUT2D eigenvalue weighted by atomic mass is 35.5. The number of nitrogens with one attached hydrogen (secondary N) is 2. The molecule has 0 aliphatic rings. The smallest absolute Gasteiger partial charge is 0.323 e. The number of hydrogen-bond acceptors (Lipinski definition) is 4. The monoisotopic (exact) mass is 477 g/mol. The number of hydrogen-bond donors (Lipinski definition) is 2. The van der Waals surface area contributed by atoms with E-state index >= 15 is 0 Å². The Balaban J connectivity index is 1.66. The summed E-state index contributed by atoms with van der Waals surface area (Å²) in [7, 11) is 1.68. The molecule has 176 valence electrons. The summed E-state index contributed by atoms with van der Waals surface area (Å²) < 4.78 is 7.70. The van der Waals surface area contributed by atoms with Crippen LogP contribution >= 0.6 is 11.6 Å². The van der Waals surface area contributed by atoms with Crippen LogP contribution in [-0.2, 0) is 13.0 Å². The van der Waals surface area contributed by atoms with Gasteiger partial charge >= 0.3 is 6.03 Å². The number of aryl methyl sites for hydroxylation is 2. The second kappa shape index (κ2) is 10.6. The molecule has 0 aliphatic heterocycles. The molecule has 0 saturated carbocycles. The van der Waals surface area contributed by atoms with Crippen molar-refractivity contribution >= 4 is 40.2 Å². The lowest BCUT2D eigenvalue weighted by Crippen LogP contribution is -2.20. The van der Waals surface area contributed by atoms with Crippen molar-refractivity contribution in [3.63, 3.8) is 0 Å². The summed E-state index contributed by atoms with van der Waals surface area (Å²) in [6.45, 7) is 4.71. The molecule has 2 amide bonds. The maximum absolute atomic E-state index is 12.6. The highest BCUT2D eigenvalue weighted by Crippen LogP contribution is 2.28. The molecule has 2 aromatic heterocycles.